The minimum atomic E-state index is -1.11. The van der Waals surface area contributed by atoms with E-state index in [-0.39, 0.29) is 52.9 Å². The summed E-state index contributed by atoms with van der Waals surface area (Å²) in [5, 5.41) is 16.7. The van der Waals surface area contributed by atoms with Crippen molar-refractivity contribution < 1.29 is 48.3 Å². The number of carbonyl (C=O) groups is 3. The maximum absolute atomic E-state index is 11.1. The van der Waals surface area contributed by atoms with Crippen LogP contribution < -0.4 is 0 Å². The van der Waals surface area contributed by atoms with E-state index >= 15 is 0 Å². The molecule has 0 saturated heterocycles. The molecule has 0 aliphatic rings. The highest BCUT2D eigenvalue weighted by Gasteiger charge is 2.05. The van der Waals surface area contributed by atoms with Crippen LogP contribution in [0.2, 0.25) is 0 Å². The summed E-state index contributed by atoms with van der Waals surface area (Å²) >= 11 is 0. The van der Waals surface area contributed by atoms with E-state index in [4.69, 9.17) is 24.4 Å². The summed E-state index contributed by atoms with van der Waals surface area (Å²) in [6, 6.07) is 0. The summed E-state index contributed by atoms with van der Waals surface area (Å²) in [6.45, 7) is -1.31. The van der Waals surface area contributed by atoms with Gasteiger partial charge in [-0.2, -0.15) is 0 Å². The maximum Gasteiger partial charge on any atom is 0.332 e. The second kappa shape index (κ2) is 14.2. The van der Waals surface area contributed by atoms with Gasteiger partial charge in [-0.25, -0.2) is 14.4 Å². The third-order valence-electron chi connectivity index (χ3n) is 1.88. The normalized spacial score (nSPS) is 10.2. The minimum Gasteiger partial charge on any atom is -0.480 e. The molecule has 0 radical (unpaired) electrons. The van der Waals surface area contributed by atoms with Crippen molar-refractivity contribution in [2.75, 3.05) is 59.5 Å². The predicted octanol–water partition coefficient (Wildman–Crippen LogP) is -1.80. The summed E-state index contributed by atoms with van der Waals surface area (Å²) in [6.07, 6.45) is 0. The topological polar surface area (TPSA) is 138 Å². The molecule has 0 bridgehead atoms. The van der Waals surface area contributed by atoms with Crippen LogP contribution in [-0.4, -0.2) is 87.6 Å². The van der Waals surface area contributed by atoms with Gasteiger partial charge in [0.1, 0.15) is 33.0 Å². The standard InChI is InChI=1S/C12H20O10/c13-1-2-18-8-11(16)22-6-4-20-9-12(17)21-5-3-19-7-10(14)15/h13H,1-9H2,(H,14,15). The molecule has 0 aliphatic carbocycles. The van der Waals surface area contributed by atoms with Crippen molar-refractivity contribution >= 4 is 17.9 Å². The van der Waals surface area contributed by atoms with Gasteiger partial charge in [0, 0.05) is 0 Å². The van der Waals surface area contributed by atoms with E-state index in [1.54, 1.807) is 0 Å². The minimum absolute atomic E-state index is 0.0103. The van der Waals surface area contributed by atoms with Crippen LogP contribution >= 0.6 is 0 Å². The van der Waals surface area contributed by atoms with E-state index < -0.39 is 24.5 Å². The number of hydrogen-bond acceptors (Lipinski definition) is 9. The lowest BCUT2D eigenvalue weighted by atomic mass is 10.6. The third kappa shape index (κ3) is 14.7. The molecule has 10 heteroatoms. The first-order chi connectivity index (χ1) is 10.6. The van der Waals surface area contributed by atoms with Crippen LogP contribution in [0.4, 0.5) is 0 Å². The molecule has 0 amide bonds. The number of aliphatic carboxylic acids is 1. The molecule has 0 unspecified atom stereocenters. The summed E-state index contributed by atoms with van der Waals surface area (Å²) in [5.41, 5.74) is 0. The van der Waals surface area contributed by atoms with Crippen molar-refractivity contribution in [3.63, 3.8) is 0 Å². The number of hydrogen-bond donors (Lipinski definition) is 2. The molecule has 0 aromatic rings. The fourth-order valence-electron chi connectivity index (χ4n) is 1.05. The smallest absolute Gasteiger partial charge is 0.332 e. The molecule has 22 heavy (non-hydrogen) atoms. The number of aliphatic hydroxyl groups excluding tert-OH is 1. The Bertz CT molecular complexity index is 330. The largest absolute Gasteiger partial charge is 0.480 e. The zero-order valence-corrected chi connectivity index (χ0v) is 12.0. The lowest BCUT2D eigenvalue weighted by Crippen LogP contribution is -2.20. The van der Waals surface area contributed by atoms with Crippen LogP contribution in [0.3, 0.4) is 0 Å². The molecule has 0 rings (SSSR count). The summed E-state index contributed by atoms with van der Waals surface area (Å²) in [7, 11) is 0. The Morgan fingerprint density at radius 2 is 1.14 bits per heavy atom. The molecular formula is C12H20O10. The molecule has 0 spiro atoms. The first-order valence-electron chi connectivity index (χ1n) is 6.43. The van der Waals surface area contributed by atoms with E-state index in [1.807, 2.05) is 0 Å². The SMILES string of the molecule is O=C(O)COCCOC(=O)COCCOC(=O)COCCO. The molecule has 10 nitrogen and oxygen atoms in total. The van der Waals surface area contributed by atoms with E-state index in [2.05, 4.69) is 9.47 Å². The molecular weight excluding hydrogens is 304 g/mol. The fraction of sp³-hybridized carbons (Fsp3) is 0.750. The van der Waals surface area contributed by atoms with Crippen molar-refractivity contribution in [2.45, 2.75) is 0 Å². The van der Waals surface area contributed by atoms with Crippen LogP contribution in [-0.2, 0) is 38.1 Å². The van der Waals surface area contributed by atoms with Crippen LogP contribution in [0, 0.1) is 0 Å². The Labute approximate surface area is 126 Å². The summed E-state index contributed by atoms with van der Waals surface area (Å²) < 4.78 is 23.7. The molecule has 128 valence electrons. The molecule has 0 fully saturated rings. The summed E-state index contributed by atoms with van der Waals surface area (Å²) in [4.78, 5) is 32.3. The van der Waals surface area contributed by atoms with Crippen LogP contribution in [0.1, 0.15) is 0 Å². The molecule has 0 saturated carbocycles. The highest BCUT2D eigenvalue weighted by molar-refractivity contribution is 5.71. The van der Waals surface area contributed by atoms with Gasteiger partial charge in [0.25, 0.3) is 0 Å². The van der Waals surface area contributed by atoms with E-state index in [1.165, 1.54) is 0 Å². The predicted molar refractivity (Wildman–Crippen MR) is 69.1 cm³/mol. The van der Waals surface area contributed by atoms with Gasteiger partial charge in [-0.3, -0.25) is 0 Å². The van der Waals surface area contributed by atoms with Gasteiger partial charge >= 0.3 is 17.9 Å². The quantitative estimate of drug-likeness (QED) is 0.278. The van der Waals surface area contributed by atoms with E-state index in [0.29, 0.717) is 0 Å². The zero-order valence-electron chi connectivity index (χ0n) is 12.0. The highest BCUT2D eigenvalue weighted by atomic mass is 16.6. The highest BCUT2D eigenvalue weighted by Crippen LogP contribution is 1.86. The van der Waals surface area contributed by atoms with Gasteiger partial charge < -0.3 is 33.9 Å². The first kappa shape index (κ1) is 20.2. The molecule has 2 N–H and O–H groups in total. The Kier molecular flexibility index (Phi) is 13.1. The van der Waals surface area contributed by atoms with E-state index in [0.717, 1.165) is 0 Å². The van der Waals surface area contributed by atoms with Crippen molar-refractivity contribution in [1.29, 1.82) is 0 Å². The van der Waals surface area contributed by atoms with Gasteiger partial charge in [0.2, 0.25) is 0 Å². The Balaban J connectivity index is 3.34. The number of carboxylic acid groups (broad SMARTS) is 1. The van der Waals surface area contributed by atoms with Gasteiger partial charge in [-0.15, -0.1) is 0 Å². The maximum atomic E-state index is 11.1. The molecule has 0 heterocycles. The average molecular weight is 324 g/mol. The molecule has 0 atom stereocenters. The Morgan fingerprint density at radius 3 is 1.59 bits per heavy atom. The Morgan fingerprint density at radius 1 is 0.682 bits per heavy atom. The lowest BCUT2D eigenvalue weighted by Gasteiger charge is -2.07. The van der Waals surface area contributed by atoms with Gasteiger partial charge in [0.05, 0.1) is 26.4 Å². The second-order valence-corrected chi connectivity index (χ2v) is 3.72. The van der Waals surface area contributed by atoms with Crippen molar-refractivity contribution in [3.05, 3.63) is 0 Å². The second-order valence-electron chi connectivity index (χ2n) is 3.72. The molecule has 0 aromatic heterocycles. The van der Waals surface area contributed by atoms with Crippen LogP contribution in [0.25, 0.3) is 0 Å². The molecule has 0 aromatic carbocycles. The number of esters is 2. The van der Waals surface area contributed by atoms with Crippen LogP contribution in [0.5, 0.6) is 0 Å². The number of ether oxygens (including phenoxy) is 5. The monoisotopic (exact) mass is 324 g/mol. The number of rotatable bonds is 14. The number of aliphatic hydroxyl groups is 1. The number of carbonyl (C=O) groups excluding carboxylic acids is 2. The molecule has 0 aliphatic heterocycles. The van der Waals surface area contributed by atoms with Gasteiger partial charge in [-0.1, -0.05) is 0 Å². The van der Waals surface area contributed by atoms with Gasteiger partial charge in [-0.05, 0) is 0 Å². The zero-order chi connectivity index (χ0) is 16.6. The van der Waals surface area contributed by atoms with Gasteiger partial charge in [0.15, 0.2) is 0 Å². The van der Waals surface area contributed by atoms with Crippen molar-refractivity contribution in [3.8, 4) is 0 Å². The first-order valence-corrected chi connectivity index (χ1v) is 6.43. The number of carboxylic acids is 1. The van der Waals surface area contributed by atoms with Crippen molar-refractivity contribution in [2.24, 2.45) is 0 Å². The van der Waals surface area contributed by atoms with Crippen molar-refractivity contribution in [1.82, 2.24) is 0 Å². The fourth-order valence-corrected chi connectivity index (χ4v) is 1.05. The average Bonchev–Trinajstić information content (AvgIpc) is 2.46. The van der Waals surface area contributed by atoms with E-state index in [9.17, 15) is 14.4 Å². The third-order valence-corrected chi connectivity index (χ3v) is 1.88. The van der Waals surface area contributed by atoms with Crippen LogP contribution in [0.15, 0.2) is 0 Å². The Hall–Kier alpha value is -1.75. The lowest BCUT2D eigenvalue weighted by molar-refractivity contribution is -0.154. The summed E-state index contributed by atoms with van der Waals surface area (Å²) in [5.74, 6) is -2.35.